The fourth-order valence-corrected chi connectivity index (χ4v) is 1.78. The fraction of sp³-hybridized carbons (Fsp3) is 0.500. The molecule has 1 aromatic rings. The molecule has 20 heavy (non-hydrogen) atoms. The van der Waals surface area contributed by atoms with Gasteiger partial charge >= 0.3 is 0 Å². The maximum atomic E-state index is 12.2. The molecule has 4 heteroatoms. The number of aromatic nitrogens is 1. The van der Waals surface area contributed by atoms with Crippen LogP contribution in [0.5, 0.6) is 0 Å². The predicted molar refractivity (Wildman–Crippen MR) is 79.2 cm³/mol. The summed E-state index contributed by atoms with van der Waals surface area (Å²) < 4.78 is 0. The second-order valence-electron chi connectivity index (χ2n) is 5.23. The van der Waals surface area contributed by atoms with E-state index in [1.54, 1.807) is 12.3 Å². The number of nitrogens with one attached hydrogen (secondary N) is 1. The van der Waals surface area contributed by atoms with Gasteiger partial charge in [0.2, 0.25) is 0 Å². The molecule has 0 saturated carbocycles. The molecule has 0 aliphatic rings. The monoisotopic (exact) mass is 274 g/mol. The molecule has 0 aromatic carbocycles. The molecule has 4 nitrogen and oxygen atoms in total. The van der Waals surface area contributed by atoms with Gasteiger partial charge in [-0.3, -0.25) is 9.78 Å². The van der Waals surface area contributed by atoms with Crippen LogP contribution < -0.4 is 5.32 Å². The second kappa shape index (κ2) is 8.34. The normalized spacial score (nSPS) is 11.7. The van der Waals surface area contributed by atoms with Crippen molar-refractivity contribution < 1.29 is 9.90 Å². The molecule has 0 saturated heterocycles. The third-order valence-corrected chi connectivity index (χ3v) is 2.92. The van der Waals surface area contributed by atoms with Gasteiger partial charge in [-0.05, 0) is 31.7 Å². The zero-order valence-electron chi connectivity index (χ0n) is 12.3. The molecule has 1 rings (SSSR count). The summed E-state index contributed by atoms with van der Waals surface area (Å²) in [6.45, 7) is 6.10. The Morgan fingerprint density at radius 2 is 2.15 bits per heavy atom. The molecule has 0 radical (unpaired) electrons. The number of carbonyl (C=O) groups is 1. The van der Waals surface area contributed by atoms with E-state index in [1.807, 2.05) is 6.92 Å². The molecule has 1 aromatic heterocycles. The number of amides is 1. The molecule has 1 atom stereocenters. The minimum Gasteiger partial charge on any atom is -0.384 e. The molecular formula is C16H22N2O2. The van der Waals surface area contributed by atoms with Gasteiger partial charge in [0, 0.05) is 18.4 Å². The van der Waals surface area contributed by atoms with E-state index in [2.05, 4.69) is 36.0 Å². The summed E-state index contributed by atoms with van der Waals surface area (Å²) in [5.41, 5.74) is 1.03. The van der Waals surface area contributed by atoms with Gasteiger partial charge in [-0.1, -0.05) is 25.7 Å². The van der Waals surface area contributed by atoms with Crippen LogP contribution in [-0.2, 0) is 0 Å². The highest BCUT2D eigenvalue weighted by Crippen LogP contribution is 2.09. The van der Waals surface area contributed by atoms with E-state index in [4.69, 9.17) is 5.11 Å². The Balaban J connectivity index is 2.72. The van der Waals surface area contributed by atoms with E-state index >= 15 is 0 Å². The van der Waals surface area contributed by atoms with Crippen molar-refractivity contribution in [2.24, 2.45) is 5.92 Å². The Morgan fingerprint density at radius 3 is 2.80 bits per heavy atom. The third-order valence-electron chi connectivity index (χ3n) is 2.92. The van der Waals surface area contributed by atoms with Crippen LogP contribution in [0.1, 0.15) is 49.5 Å². The number of aliphatic hydroxyl groups is 1. The Kier molecular flexibility index (Phi) is 6.75. The van der Waals surface area contributed by atoms with E-state index in [9.17, 15) is 4.79 Å². The van der Waals surface area contributed by atoms with Crippen molar-refractivity contribution in [1.82, 2.24) is 10.3 Å². The van der Waals surface area contributed by atoms with Crippen LogP contribution in [0.2, 0.25) is 0 Å². The van der Waals surface area contributed by atoms with Crippen LogP contribution in [0.3, 0.4) is 0 Å². The summed E-state index contributed by atoms with van der Waals surface area (Å²) in [4.78, 5) is 16.2. The number of carbonyl (C=O) groups excluding carboxylic acids is 1. The molecule has 1 amide bonds. The third kappa shape index (κ3) is 5.41. The standard InChI is InChI=1S/C16H22N2O2/c1-12(2)6-7-13(3)18-16(20)15-8-9-17-11-14(15)5-4-10-19/h8-9,11-13,19H,6-7,10H2,1-3H3,(H,18,20). The first-order valence-electron chi connectivity index (χ1n) is 6.89. The van der Waals surface area contributed by atoms with Gasteiger partial charge in [-0.25, -0.2) is 0 Å². The van der Waals surface area contributed by atoms with E-state index in [1.165, 1.54) is 6.20 Å². The summed E-state index contributed by atoms with van der Waals surface area (Å²) in [7, 11) is 0. The lowest BCUT2D eigenvalue weighted by Gasteiger charge is -2.15. The van der Waals surface area contributed by atoms with Gasteiger partial charge in [-0.2, -0.15) is 0 Å². The van der Waals surface area contributed by atoms with E-state index < -0.39 is 0 Å². The number of hydrogen-bond donors (Lipinski definition) is 2. The van der Waals surface area contributed by atoms with Gasteiger partial charge in [0.25, 0.3) is 5.91 Å². The lowest BCUT2D eigenvalue weighted by molar-refractivity contribution is 0.0937. The van der Waals surface area contributed by atoms with Crippen molar-refractivity contribution in [3.8, 4) is 11.8 Å². The van der Waals surface area contributed by atoms with Gasteiger partial charge in [-0.15, -0.1) is 0 Å². The molecule has 0 aliphatic heterocycles. The fourth-order valence-electron chi connectivity index (χ4n) is 1.78. The van der Waals surface area contributed by atoms with Crippen molar-refractivity contribution >= 4 is 5.91 Å². The number of rotatable bonds is 5. The number of nitrogens with zero attached hydrogens (tertiary/aromatic N) is 1. The van der Waals surface area contributed by atoms with Crippen LogP contribution in [0.15, 0.2) is 18.5 Å². The van der Waals surface area contributed by atoms with Crippen LogP contribution in [0.4, 0.5) is 0 Å². The van der Waals surface area contributed by atoms with Crippen LogP contribution in [-0.4, -0.2) is 28.6 Å². The van der Waals surface area contributed by atoms with Gasteiger partial charge in [0.1, 0.15) is 6.61 Å². The number of pyridine rings is 1. The molecule has 1 unspecified atom stereocenters. The summed E-state index contributed by atoms with van der Waals surface area (Å²) in [5.74, 6) is 5.76. The molecule has 0 bridgehead atoms. The summed E-state index contributed by atoms with van der Waals surface area (Å²) in [5, 5.41) is 11.7. The molecule has 0 spiro atoms. The first kappa shape index (κ1) is 16.2. The van der Waals surface area contributed by atoms with Gasteiger partial charge in [0.15, 0.2) is 0 Å². The van der Waals surface area contributed by atoms with Crippen molar-refractivity contribution in [3.63, 3.8) is 0 Å². The predicted octanol–water partition coefficient (Wildman–Crippen LogP) is 1.98. The average molecular weight is 274 g/mol. The Labute approximate surface area is 120 Å². The van der Waals surface area contributed by atoms with Crippen molar-refractivity contribution in [2.75, 3.05) is 6.61 Å². The van der Waals surface area contributed by atoms with E-state index in [0.717, 1.165) is 12.8 Å². The molecule has 108 valence electrons. The first-order chi connectivity index (χ1) is 9.54. The van der Waals surface area contributed by atoms with Crippen LogP contribution >= 0.6 is 0 Å². The molecular weight excluding hydrogens is 252 g/mol. The first-order valence-corrected chi connectivity index (χ1v) is 6.89. The zero-order chi connectivity index (χ0) is 15.0. The molecule has 0 fully saturated rings. The smallest absolute Gasteiger partial charge is 0.252 e. The molecule has 2 N–H and O–H groups in total. The SMILES string of the molecule is CC(C)CCC(C)NC(=O)c1ccncc1C#CCO. The zero-order valence-corrected chi connectivity index (χ0v) is 12.3. The number of aliphatic hydroxyl groups excluding tert-OH is 1. The lowest BCUT2D eigenvalue weighted by atomic mass is 10.0. The quantitative estimate of drug-likeness (QED) is 0.807. The Morgan fingerprint density at radius 1 is 1.40 bits per heavy atom. The highest BCUT2D eigenvalue weighted by molar-refractivity contribution is 5.96. The van der Waals surface area contributed by atoms with Crippen molar-refractivity contribution in [3.05, 3.63) is 29.6 Å². The number of hydrogen-bond acceptors (Lipinski definition) is 3. The summed E-state index contributed by atoms with van der Waals surface area (Å²) in [6, 6.07) is 1.77. The Hall–Kier alpha value is -1.86. The van der Waals surface area contributed by atoms with Crippen LogP contribution in [0.25, 0.3) is 0 Å². The maximum absolute atomic E-state index is 12.2. The van der Waals surface area contributed by atoms with Crippen LogP contribution in [0, 0.1) is 17.8 Å². The largest absolute Gasteiger partial charge is 0.384 e. The second-order valence-corrected chi connectivity index (χ2v) is 5.23. The Bertz CT molecular complexity index is 501. The molecule has 0 aliphatic carbocycles. The van der Waals surface area contributed by atoms with Gasteiger partial charge < -0.3 is 10.4 Å². The van der Waals surface area contributed by atoms with Crippen molar-refractivity contribution in [1.29, 1.82) is 0 Å². The minimum absolute atomic E-state index is 0.122. The average Bonchev–Trinajstić information content (AvgIpc) is 2.43. The van der Waals surface area contributed by atoms with Gasteiger partial charge in [0.05, 0.1) is 11.1 Å². The lowest BCUT2D eigenvalue weighted by Crippen LogP contribution is -2.33. The highest BCUT2D eigenvalue weighted by Gasteiger charge is 2.13. The van der Waals surface area contributed by atoms with Crippen molar-refractivity contribution in [2.45, 2.75) is 39.7 Å². The molecule has 1 heterocycles. The topological polar surface area (TPSA) is 62.2 Å². The maximum Gasteiger partial charge on any atom is 0.252 e. The minimum atomic E-state index is -0.235. The highest BCUT2D eigenvalue weighted by atomic mass is 16.2. The summed E-state index contributed by atoms with van der Waals surface area (Å²) in [6.07, 6.45) is 5.13. The van der Waals surface area contributed by atoms with E-state index in [0.29, 0.717) is 17.0 Å². The summed E-state index contributed by atoms with van der Waals surface area (Å²) >= 11 is 0. The van der Waals surface area contributed by atoms with E-state index in [-0.39, 0.29) is 18.6 Å².